The third-order valence-electron chi connectivity index (χ3n) is 3.15. The zero-order valence-corrected chi connectivity index (χ0v) is 15.0. The summed E-state index contributed by atoms with van der Waals surface area (Å²) in [6, 6.07) is 14.8. The SMILES string of the molecule is COc1ccc(Cl)cc1NC(=O)CCSCCOc1ccccc1. The summed E-state index contributed by atoms with van der Waals surface area (Å²) >= 11 is 7.63. The van der Waals surface area contributed by atoms with Crippen molar-refractivity contribution in [3.05, 3.63) is 53.6 Å². The van der Waals surface area contributed by atoms with Crippen molar-refractivity contribution in [2.45, 2.75) is 6.42 Å². The van der Waals surface area contributed by atoms with E-state index in [9.17, 15) is 4.79 Å². The number of anilines is 1. The topological polar surface area (TPSA) is 47.6 Å². The number of benzene rings is 2. The van der Waals surface area contributed by atoms with E-state index in [1.54, 1.807) is 37.1 Å². The number of hydrogen-bond donors (Lipinski definition) is 1. The van der Waals surface area contributed by atoms with E-state index in [-0.39, 0.29) is 5.91 Å². The summed E-state index contributed by atoms with van der Waals surface area (Å²) in [5.74, 6) is 2.96. The van der Waals surface area contributed by atoms with Gasteiger partial charge < -0.3 is 14.8 Å². The maximum absolute atomic E-state index is 12.0. The number of hydrogen-bond acceptors (Lipinski definition) is 4. The Bertz CT molecular complexity index is 652. The maximum atomic E-state index is 12.0. The van der Waals surface area contributed by atoms with Crippen LogP contribution in [-0.4, -0.2) is 31.1 Å². The molecule has 0 aliphatic rings. The highest BCUT2D eigenvalue weighted by molar-refractivity contribution is 7.99. The Balaban J connectivity index is 1.64. The minimum Gasteiger partial charge on any atom is -0.495 e. The Morgan fingerprint density at radius 1 is 1.17 bits per heavy atom. The molecule has 0 atom stereocenters. The van der Waals surface area contributed by atoms with E-state index >= 15 is 0 Å². The molecule has 2 aromatic rings. The number of nitrogens with one attached hydrogen (secondary N) is 1. The molecule has 1 N–H and O–H groups in total. The molecule has 0 aliphatic heterocycles. The smallest absolute Gasteiger partial charge is 0.225 e. The molecule has 0 heterocycles. The van der Waals surface area contributed by atoms with Crippen molar-refractivity contribution in [1.82, 2.24) is 0 Å². The molecule has 128 valence electrons. The highest BCUT2D eigenvalue weighted by Gasteiger charge is 2.08. The maximum Gasteiger partial charge on any atom is 0.225 e. The molecule has 0 aromatic heterocycles. The van der Waals surface area contributed by atoms with E-state index in [4.69, 9.17) is 21.1 Å². The van der Waals surface area contributed by atoms with E-state index in [0.717, 1.165) is 17.3 Å². The van der Waals surface area contributed by atoms with Crippen LogP contribution in [0, 0.1) is 0 Å². The molecule has 0 aliphatic carbocycles. The van der Waals surface area contributed by atoms with Crippen LogP contribution in [-0.2, 0) is 4.79 Å². The van der Waals surface area contributed by atoms with E-state index in [2.05, 4.69) is 5.32 Å². The predicted molar refractivity (Wildman–Crippen MR) is 101 cm³/mol. The number of methoxy groups -OCH3 is 1. The van der Waals surface area contributed by atoms with Gasteiger partial charge in [0.15, 0.2) is 0 Å². The van der Waals surface area contributed by atoms with Crippen LogP contribution < -0.4 is 14.8 Å². The number of amides is 1. The van der Waals surface area contributed by atoms with Crippen LogP contribution in [0.25, 0.3) is 0 Å². The van der Waals surface area contributed by atoms with Crippen LogP contribution in [0.5, 0.6) is 11.5 Å². The molecule has 0 unspecified atom stereocenters. The van der Waals surface area contributed by atoms with Crippen LogP contribution in [0.15, 0.2) is 48.5 Å². The molecule has 0 radical (unpaired) electrons. The van der Waals surface area contributed by atoms with Gasteiger partial charge in [0.2, 0.25) is 5.91 Å². The Morgan fingerprint density at radius 2 is 1.96 bits per heavy atom. The van der Waals surface area contributed by atoms with Crippen LogP contribution in [0.3, 0.4) is 0 Å². The van der Waals surface area contributed by atoms with Crippen molar-refractivity contribution in [2.24, 2.45) is 0 Å². The second kappa shape index (κ2) is 10.1. The van der Waals surface area contributed by atoms with Crippen molar-refractivity contribution in [3.8, 4) is 11.5 Å². The Kier molecular flexibility index (Phi) is 7.79. The highest BCUT2D eigenvalue weighted by atomic mass is 35.5. The molecule has 2 aromatic carbocycles. The van der Waals surface area contributed by atoms with Gasteiger partial charge in [0.1, 0.15) is 11.5 Å². The van der Waals surface area contributed by atoms with Gasteiger partial charge in [-0.05, 0) is 30.3 Å². The summed E-state index contributed by atoms with van der Waals surface area (Å²) < 4.78 is 10.8. The quantitative estimate of drug-likeness (QED) is 0.665. The van der Waals surface area contributed by atoms with E-state index in [1.165, 1.54) is 0 Å². The van der Waals surface area contributed by atoms with Gasteiger partial charge in [0, 0.05) is 22.9 Å². The van der Waals surface area contributed by atoms with Gasteiger partial charge in [0.25, 0.3) is 0 Å². The number of ether oxygens (including phenoxy) is 2. The average molecular weight is 366 g/mol. The van der Waals surface area contributed by atoms with Crippen molar-refractivity contribution in [2.75, 3.05) is 30.5 Å². The molecule has 0 saturated carbocycles. The summed E-state index contributed by atoms with van der Waals surface area (Å²) in [6.45, 7) is 0.623. The first-order valence-electron chi connectivity index (χ1n) is 7.58. The van der Waals surface area contributed by atoms with Gasteiger partial charge in [-0.1, -0.05) is 29.8 Å². The van der Waals surface area contributed by atoms with E-state index < -0.39 is 0 Å². The number of para-hydroxylation sites is 1. The standard InChI is InChI=1S/C18H20ClNO3S/c1-22-17-8-7-14(19)13-16(17)20-18(21)9-11-24-12-10-23-15-5-3-2-4-6-15/h2-8,13H,9-12H2,1H3,(H,20,21). The number of carbonyl (C=O) groups excluding carboxylic acids is 1. The molecule has 2 rings (SSSR count). The number of carbonyl (C=O) groups is 1. The molecule has 0 bridgehead atoms. The first-order valence-corrected chi connectivity index (χ1v) is 9.11. The lowest BCUT2D eigenvalue weighted by Crippen LogP contribution is -2.13. The van der Waals surface area contributed by atoms with Crippen LogP contribution in [0.4, 0.5) is 5.69 Å². The van der Waals surface area contributed by atoms with Crippen LogP contribution in [0.2, 0.25) is 5.02 Å². The zero-order valence-electron chi connectivity index (χ0n) is 13.5. The molecule has 6 heteroatoms. The molecular weight excluding hydrogens is 346 g/mol. The summed E-state index contributed by atoms with van der Waals surface area (Å²) in [4.78, 5) is 12.0. The summed E-state index contributed by atoms with van der Waals surface area (Å²) in [6.07, 6.45) is 0.422. The molecule has 24 heavy (non-hydrogen) atoms. The fourth-order valence-electron chi connectivity index (χ4n) is 1.99. The van der Waals surface area contributed by atoms with Gasteiger partial charge in [-0.2, -0.15) is 11.8 Å². The summed E-state index contributed by atoms with van der Waals surface area (Å²) in [5, 5.41) is 3.38. The Hall–Kier alpha value is -1.85. The van der Waals surface area contributed by atoms with Crippen LogP contribution in [0.1, 0.15) is 6.42 Å². The van der Waals surface area contributed by atoms with E-state index in [1.807, 2.05) is 30.3 Å². The van der Waals surface area contributed by atoms with Crippen LogP contribution >= 0.6 is 23.4 Å². The Morgan fingerprint density at radius 3 is 2.71 bits per heavy atom. The van der Waals surface area contributed by atoms with Gasteiger partial charge in [0.05, 0.1) is 19.4 Å². The first-order chi connectivity index (χ1) is 11.7. The molecule has 0 saturated heterocycles. The fourth-order valence-corrected chi connectivity index (χ4v) is 2.90. The lowest BCUT2D eigenvalue weighted by Gasteiger charge is -2.10. The van der Waals surface area contributed by atoms with Crippen molar-refractivity contribution >= 4 is 35.0 Å². The minimum atomic E-state index is -0.0629. The number of thioether (sulfide) groups is 1. The van der Waals surface area contributed by atoms with Gasteiger partial charge in [-0.15, -0.1) is 0 Å². The first kappa shape index (κ1) is 18.5. The monoisotopic (exact) mass is 365 g/mol. The van der Waals surface area contributed by atoms with Crippen molar-refractivity contribution < 1.29 is 14.3 Å². The minimum absolute atomic E-state index is 0.0629. The van der Waals surface area contributed by atoms with Gasteiger partial charge in [-0.25, -0.2) is 0 Å². The summed E-state index contributed by atoms with van der Waals surface area (Å²) in [7, 11) is 1.56. The predicted octanol–water partition coefficient (Wildman–Crippen LogP) is 4.49. The largest absolute Gasteiger partial charge is 0.495 e. The van der Waals surface area contributed by atoms with E-state index in [0.29, 0.717) is 29.5 Å². The van der Waals surface area contributed by atoms with Gasteiger partial charge in [-0.3, -0.25) is 4.79 Å². The molecule has 0 spiro atoms. The average Bonchev–Trinajstić information content (AvgIpc) is 2.59. The fraction of sp³-hybridized carbons (Fsp3) is 0.278. The lowest BCUT2D eigenvalue weighted by atomic mass is 10.3. The lowest BCUT2D eigenvalue weighted by molar-refractivity contribution is -0.115. The molecule has 0 fully saturated rings. The summed E-state index contributed by atoms with van der Waals surface area (Å²) in [5.41, 5.74) is 0.590. The zero-order chi connectivity index (χ0) is 17.2. The highest BCUT2D eigenvalue weighted by Crippen LogP contribution is 2.27. The molecule has 4 nitrogen and oxygen atoms in total. The number of halogens is 1. The normalized spacial score (nSPS) is 10.2. The van der Waals surface area contributed by atoms with Crippen molar-refractivity contribution in [3.63, 3.8) is 0 Å². The molecular formula is C18H20ClNO3S. The van der Waals surface area contributed by atoms with Crippen molar-refractivity contribution in [1.29, 1.82) is 0 Å². The third-order valence-corrected chi connectivity index (χ3v) is 4.33. The number of rotatable bonds is 9. The molecule has 1 amide bonds. The third kappa shape index (κ3) is 6.34. The van der Waals surface area contributed by atoms with Gasteiger partial charge >= 0.3 is 0 Å². The Labute approximate surface area is 151 Å². The second-order valence-corrected chi connectivity index (χ2v) is 6.58. The second-order valence-electron chi connectivity index (χ2n) is 4.92.